The van der Waals surface area contributed by atoms with Crippen LogP contribution in [0.4, 0.5) is 5.82 Å². The van der Waals surface area contributed by atoms with E-state index in [1.165, 1.54) is 5.39 Å². The van der Waals surface area contributed by atoms with E-state index >= 15 is 0 Å². The molecule has 0 spiro atoms. The first-order chi connectivity index (χ1) is 10.2. The minimum atomic E-state index is 0.326. The van der Waals surface area contributed by atoms with Gasteiger partial charge in [0.05, 0.1) is 6.26 Å². The number of benzene rings is 1. The number of aromatic nitrogens is 1. The van der Waals surface area contributed by atoms with Crippen molar-refractivity contribution in [1.82, 2.24) is 4.98 Å². The largest absolute Gasteiger partial charge is 0.469 e. The number of nitrogens with one attached hydrogen (secondary N) is 1. The molecule has 1 aromatic carbocycles. The van der Waals surface area contributed by atoms with Crippen LogP contribution in [0.5, 0.6) is 0 Å². The lowest BCUT2D eigenvalue weighted by molar-refractivity contribution is 0.495. The van der Waals surface area contributed by atoms with Crippen LogP contribution < -0.4 is 5.32 Å². The third-order valence-corrected chi connectivity index (χ3v) is 4.23. The minimum absolute atomic E-state index is 0.326. The molecule has 0 fully saturated rings. The molecule has 4 heteroatoms. The summed E-state index contributed by atoms with van der Waals surface area (Å²) >= 11 is 3.59. The molecule has 0 aliphatic rings. The summed E-state index contributed by atoms with van der Waals surface area (Å²) in [4.78, 5) is 4.48. The first-order valence-electron chi connectivity index (χ1n) is 7.06. The molecule has 0 aliphatic heterocycles. The lowest BCUT2D eigenvalue weighted by Gasteiger charge is -2.15. The van der Waals surface area contributed by atoms with Crippen LogP contribution in [0, 0.1) is 0 Å². The summed E-state index contributed by atoms with van der Waals surface area (Å²) in [6, 6.07) is 12.5. The van der Waals surface area contributed by atoms with Gasteiger partial charge >= 0.3 is 0 Å². The Bertz CT molecular complexity index is 725. The van der Waals surface area contributed by atoms with Crippen molar-refractivity contribution in [3.05, 3.63) is 59.1 Å². The van der Waals surface area contributed by atoms with Crippen LogP contribution in [0.25, 0.3) is 10.8 Å². The van der Waals surface area contributed by atoms with E-state index in [1.54, 1.807) is 6.26 Å². The molecule has 0 bridgehead atoms. The molecule has 21 heavy (non-hydrogen) atoms. The third kappa shape index (κ3) is 3.27. The van der Waals surface area contributed by atoms with Gasteiger partial charge in [0.25, 0.3) is 0 Å². The Morgan fingerprint density at radius 2 is 2.10 bits per heavy atom. The van der Waals surface area contributed by atoms with E-state index in [0.29, 0.717) is 6.04 Å². The Morgan fingerprint density at radius 3 is 2.90 bits per heavy atom. The summed E-state index contributed by atoms with van der Waals surface area (Å²) in [6.45, 7) is 2.17. The van der Waals surface area contributed by atoms with E-state index in [4.69, 9.17) is 4.42 Å². The molecule has 1 N–H and O–H groups in total. The lowest BCUT2D eigenvalue weighted by Crippen LogP contribution is -2.17. The van der Waals surface area contributed by atoms with Crippen molar-refractivity contribution in [3.8, 4) is 0 Å². The van der Waals surface area contributed by atoms with Crippen molar-refractivity contribution >= 4 is 32.5 Å². The fraction of sp³-hybridized carbons (Fsp3) is 0.235. The minimum Gasteiger partial charge on any atom is -0.469 e. The summed E-state index contributed by atoms with van der Waals surface area (Å²) in [5, 5.41) is 5.81. The Kier molecular flexibility index (Phi) is 4.25. The molecule has 1 unspecified atom stereocenters. The highest BCUT2D eigenvalue weighted by Crippen LogP contribution is 2.28. The molecule has 3 rings (SSSR count). The molecule has 0 aliphatic carbocycles. The van der Waals surface area contributed by atoms with Crippen LogP contribution in [0.15, 0.2) is 57.7 Å². The van der Waals surface area contributed by atoms with E-state index in [9.17, 15) is 0 Å². The number of rotatable bonds is 5. The molecular formula is C17H17BrN2O. The number of nitrogens with zero attached hydrogens (tertiary/aromatic N) is 1. The van der Waals surface area contributed by atoms with E-state index in [2.05, 4.69) is 39.2 Å². The van der Waals surface area contributed by atoms with Crippen molar-refractivity contribution in [2.75, 3.05) is 5.32 Å². The number of hydrogen-bond acceptors (Lipinski definition) is 3. The molecular weight excluding hydrogens is 328 g/mol. The number of anilines is 1. The van der Waals surface area contributed by atoms with Gasteiger partial charge in [-0.25, -0.2) is 4.98 Å². The number of halogens is 1. The van der Waals surface area contributed by atoms with Gasteiger partial charge in [0.15, 0.2) is 0 Å². The summed E-state index contributed by atoms with van der Waals surface area (Å²) in [5.74, 6) is 1.96. The zero-order valence-electron chi connectivity index (χ0n) is 11.8. The van der Waals surface area contributed by atoms with Gasteiger partial charge in [-0.05, 0) is 37.6 Å². The highest BCUT2D eigenvalue weighted by Gasteiger charge is 2.09. The van der Waals surface area contributed by atoms with Gasteiger partial charge in [-0.2, -0.15) is 0 Å². The van der Waals surface area contributed by atoms with E-state index < -0.39 is 0 Å². The van der Waals surface area contributed by atoms with Crippen molar-refractivity contribution in [1.29, 1.82) is 0 Å². The number of fused-ring (bicyclic) bond motifs is 1. The van der Waals surface area contributed by atoms with Gasteiger partial charge in [0.2, 0.25) is 0 Å². The first kappa shape index (κ1) is 14.1. The zero-order chi connectivity index (χ0) is 14.7. The van der Waals surface area contributed by atoms with Crippen LogP contribution in [-0.4, -0.2) is 11.0 Å². The molecule has 1 atom stereocenters. The maximum Gasteiger partial charge on any atom is 0.134 e. The fourth-order valence-electron chi connectivity index (χ4n) is 2.40. The Balaban J connectivity index is 1.74. The molecule has 2 heterocycles. The lowest BCUT2D eigenvalue weighted by atomic mass is 10.1. The monoisotopic (exact) mass is 344 g/mol. The Labute approximate surface area is 132 Å². The van der Waals surface area contributed by atoms with Crippen LogP contribution in [0.1, 0.15) is 19.1 Å². The summed E-state index contributed by atoms with van der Waals surface area (Å²) in [7, 11) is 0. The van der Waals surface area contributed by atoms with Crippen molar-refractivity contribution < 1.29 is 4.42 Å². The number of hydrogen-bond donors (Lipinski definition) is 1. The number of furan rings is 1. The summed E-state index contributed by atoms with van der Waals surface area (Å²) < 4.78 is 6.46. The maximum absolute atomic E-state index is 5.37. The second kappa shape index (κ2) is 6.31. The van der Waals surface area contributed by atoms with Crippen molar-refractivity contribution in [3.63, 3.8) is 0 Å². The third-order valence-electron chi connectivity index (χ3n) is 3.54. The molecule has 3 nitrogen and oxygen atoms in total. The van der Waals surface area contributed by atoms with Crippen LogP contribution in [-0.2, 0) is 6.42 Å². The molecule has 0 radical (unpaired) electrons. The second-order valence-corrected chi connectivity index (χ2v) is 6.01. The zero-order valence-corrected chi connectivity index (χ0v) is 13.4. The van der Waals surface area contributed by atoms with Crippen molar-refractivity contribution in [2.45, 2.75) is 25.8 Å². The molecule has 3 aromatic rings. The van der Waals surface area contributed by atoms with Gasteiger partial charge < -0.3 is 9.73 Å². The predicted octanol–water partition coefficient (Wildman–Crippen LogP) is 5.02. The van der Waals surface area contributed by atoms with E-state index in [-0.39, 0.29) is 0 Å². The maximum atomic E-state index is 5.37. The average molecular weight is 345 g/mol. The topological polar surface area (TPSA) is 38.1 Å². The first-order valence-corrected chi connectivity index (χ1v) is 7.85. The Hall–Kier alpha value is -1.81. The van der Waals surface area contributed by atoms with Crippen molar-refractivity contribution in [2.24, 2.45) is 0 Å². The normalized spacial score (nSPS) is 12.5. The fourth-order valence-corrected chi connectivity index (χ4v) is 2.90. The van der Waals surface area contributed by atoms with Crippen LogP contribution in [0.3, 0.4) is 0 Å². The highest BCUT2D eigenvalue weighted by molar-refractivity contribution is 9.10. The number of aryl methyl sites for hydroxylation is 1. The molecule has 2 aromatic heterocycles. The van der Waals surface area contributed by atoms with Gasteiger partial charge in [-0.15, -0.1) is 0 Å². The van der Waals surface area contributed by atoms with Crippen LogP contribution >= 0.6 is 15.9 Å². The molecule has 0 amide bonds. The molecule has 0 saturated heterocycles. The summed E-state index contributed by atoms with van der Waals surface area (Å²) in [5.41, 5.74) is 0. The second-order valence-electron chi connectivity index (χ2n) is 5.16. The van der Waals surface area contributed by atoms with Crippen LogP contribution in [0.2, 0.25) is 0 Å². The average Bonchev–Trinajstić information content (AvgIpc) is 3.00. The standard InChI is InChI=1S/C17H17BrN2O/c1-12(7-8-13-4-3-11-21-13)20-17-15-5-2-6-16(18)14(15)9-10-19-17/h2-6,9-12H,7-8H2,1H3,(H,19,20). The van der Waals surface area contributed by atoms with E-state index in [1.807, 2.05) is 36.5 Å². The van der Waals surface area contributed by atoms with Gasteiger partial charge in [0.1, 0.15) is 11.6 Å². The SMILES string of the molecule is CC(CCc1ccco1)Nc1nccc2c(Br)cccc12. The van der Waals surface area contributed by atoms with Gasteiger partial charge in [-0.3, -0.25) is 0 Å². The molecule has 0 saturated carbocycles. The predicted molar refractivity (Wildman–Crippen MR) is 89.6 cm³/mol. The smallest absolute Gasteiger partial charge is 0.134 e. The van der Waals surface area contributed by atoms with E-state index in [0.717, 1.165) is 34.3 Å². The Morgan fingerprint density at radius 1 is 1.19 bits per heavy atom. The quantitative estimate of drug-likeness (QED) is 0.705. The summed E-state index contributed by atoms with van der Waals surface area (Å²) in [6.07, 6.45) is 5.49. The highest BCUT2D eigenvalue weighted by atomic mass is 79.9. The van der Waals surface area contributed by atoms with Gasteiger partial charge in [-0.1, -0.05) is 28.1 Å². The van der Waals surface area contributed by atoms with Gasteiger partial charge in [0, 0.05) is 33.9 Å². The number of pyridine rings is 1. The molecule has 108 valence electrons.